The molecule has 1 saturated heterocycles. The normalized spacial score (nSPS) is 21.8. The summed E-state index contributed by atoms with van der Waals surface area (Å²) in [6, 6.07) is 0.233. The summed E-state index contributed by atoms with van der Waals surface area (Å²) in [5.74, 6) is 0. The average molecular weight is 230 g/mol. The standard InChI is InChI=1S/C11H22N2O3/c1-4-13(9(2)7-15-3)11(14)12-10-5-6-16-8-10/h9-10H,4-8H2,1-3H3,(H,12,14). The molecule has 1 heterocycles. The summed E-state index contributed by atoms with van der Waals surface area (Å²) in [5.41, 5.74) is 0. The second-order valence-electron chi connectivity index (χ2n) is 4.10. The number of nitrogens with zero attached hydrogens (tertiary/aromatic N) is 1. The summed E-state index contributed by atoms with van der Waals surface area (Å²) in [6.45, 7) is 6.56. The summed E-state index contributed by atoms with van der Waals surface area (Å²) < 4.78 is 10.3. The van der Waals surface area contributed by atoms with Crippen LogP contribution in [0.4, 0.5) is 4.79 Å². The smallest absolute Gasteiger partial charge is 0.318 e. The molecular weight excluding hydrogens is 208 g/mol. The number of likely N-dealkylation sites (N-methyl/N-ethyl adjacent to an activating group) is 1. The number of carbonyl (C=O) groups excluding carboxylic acids is 1. The molecule has 5 nitrogen and oxygen atoms in total. The molecule has 0 saturated carbocycles. The van der Waals surface area contributed by atoms with Gasteiger partial charge in [-0.15, -0.1) is 0 Å². The summed E-state index contributed by atoms with van der Waals surface area (Å²) in [5, 5.41) is 2.98. The van der Waals surface area contributed by atoms with Crippen LogP contribution < -0.4 is 5.32 Å². The third-order valence-corrected chi connectivity index (χ3v) is 2.80. The maximum absolute atomic E-state index is 12.0. The highest BCUT2D eigenvalue weighted by atomic mass is 16.5. The van der Waals surface area contributed by atoms with Crippen molar-refractivity contribution < 1.29 is 14.3 Å². The van der Waals surface area contributed by atoms with Crippen LogP contribution in [-0.4, -0.2) is 56.5 Å². The number of carbonyl (C=O) groups is 1. The zero-order valence-corrected chi connectivity index (χ0v) is 10.4. The molecule has 2 unspecified atom stereocenters. The first-order chi connectivity index (χ1) is 7.69. The van der Waals surface area contributed by atoms with Gasteiger partial charge in [0.1, 0.15) is 0 Å². The van der Waals surface area contributed by atoms with Crippen molar-refractivity contribution in [3.8, 4) is 0 Å². The van der Waals surface area contributed by atoms with E-state index in [0.29, 0.717) is 19.8 Å². The molecule has 16 heavy (non-hydrogen) atoms. The lowest BCUT2D eigenvalue weighted by Crippen LogP contribution is -2.49. The zero-order valence-electron chi connectivity index (χ0n) is 10.4. The van der Waals surface area contributed by atoms with Gasteiger partial charge in [-0.3, -0.25) is 0 Å². The van der Waals surface area contributed by atoms with Crippen LogP contribution in [0, 0.1) is 0 Å². The molecule has 1 fully saturated rings. The fraction of sp³-hybridized carbons (Fsp3) is 0.909. The Kier molecular flexibility index (Phi) is 5.55. The number of urea groups is 1. The second-order valence-corrected chi connectivity index (χ2v) is 4.10. The molecule has 1 rings (SSSR count). The second kappa shape index (κ2) is 6.70. The van der Waals surface area contributed by atoms with Crippen LogP contribution in [0.5, 0.6) is 0 Å². The van der Waals surface area contributed by atoms with Crippen LogP contribution in [0.3, 0.4) is 0 Å². The van der Waals surface area contributed by atoms with Crippen molar-refractivity contribution in [3.05, 3.63) is 0 Å². The quantitative estimate of drug-likeness (QED) is 0.761. The highest BCUT2D eigenvalue weighted by Gasteiger charge is 2.23. The van der Waals surface area contributed by atoms with Gasteiger partial charge in [-0.1, -0.05) is 0 Å². The molecule has 1 aliphatic heterocycles. The Labute approximate surface area is 97.1 Å². The van der Waals surface area contributed by atoms with Crippen LogP contribution in [-0.2, 0) is 9.47 Å². The molecule has 94 valence electrons. The predicted octanol–water partition coefficient (Wildman–Crippen LogP) is 0.842. The Morgan fingerprint density at radius 2 is 2.44 bits per heavy atom. The molecule has 0 bridgehead atoms. The molecule has 1 aliphatic rings. The highest BCUT2D eigenvalue weighted by molar-refractivity contribution is 5.74. The first kappa shape index (κ1) is 13.3. The van der Waals surface area contributed by atoms with Crippen LogP contribution in [0.2, 0.25) is 0 Å². The van der Waals surface area contributed by atoms with Gasteiger partial charge in [-0.25, -0.2) is 4.79 Å². The average Bonchev–Trinajstić information content (AvgIpc) is 2.71. The maximum Gasteiger partial charge on any atom is 0.318 e. The molecule has 5 heteroatoms. The van der Waals surface area contributed by atoms with Crippen LogP contribution in [0.25, 0.3) is 0 Å². The molecule has 1 N–H and O–H groups in total. The lowest BCUT2D eigenvalue weighted by molar-refractivity contribution is 0.112. The molecular formula is C11H22N2O3. The van der Waals surface area contributed by atoms with E-state index in [9.17, 15) is 4.79 Å². The van der Waals surface area contributed by atoms with Gasteiger partial charge in [0, 0.05) is 20.3 Å². The fourth-order valence-electron chi connectivity index (χ4n) is 1.89. The molecule has 0 aliphatic carbocycles. The van der Waals surface area contributed by atoms with Crippen molar-refractivity contribution in [3.63, 3.8) is 0 Å². The van der Waals surface area contributed by atoms with E-state index in [1.165, 1.54) is 0 Å². The van der Waals surface area contributed by atoms with Crippen LogP contribution >= 0.6 is 0 Å². The number of hydrogen-bond acceptors (Lipinski definition) is 3. The number of ether oxygens (including phenoxy) is 2. The van der Waals surface area contributed by atoms with Gasteiger partial charge in [0.25, 0.3) is 0 Å². The third-order valence-electron chi connectivity index (χ3n) is 2.80. The van der Waals surface area contributed by atoms with Gasteiger partial charge in [-0.2, -0.15) is 0 Å². The molecule has 0 spiro atoms. The summed E-state index contributed by atoms with van der Waals surface area (Å²) in [4.78, 5) is 13.7. The van der Waals surface area contributed by atoms with Crippen molar-refractivity contribution in [1.29, 1.82) is 0 Å². The number of methoxy groups -OCH3 is 1. The first-order valence-electron chi connectivity index (χ1n) is 5.82. The van der Waals surface area contributed by atoms with Crippen LogP contribution in [0.1, 0.15) is 20.3 Å². The minimum absolute atomic E-state index is 0.0254. The van der Waals surface area contributed by atoms with Gasteiger partial charge >= 0.3 is 6.03 Å². The van der Waals surface area contributed by atoms with E-state index in [-0.39, 0.29) is 18.1 Å². The Bertz CT molecular complexity index is 217. The van der Waals surface area contributed by atoms with E-state index in [0.717, 1.165) is 13.0 Å². The zero-order chi connectivity index (χ0) is 12.0. The Morgan fingerprint density at radius 3 is 2.94 bits per heavy atom. The highest BCUT2D eigenvalue weighted by Crippen LogP contribution is 2.06. The predicted molar refractivity (Wildman–Crippen MR) is 61.5 cm³/mol. The van der Waals surface area contributed by atoms with Gasteiger partial charge in [-0.05, 0) is 20.3 Å². The fourth-order valence-corrected chi connectivity index (χ4v) is 1.89. The van der Waals surface area contributed by atoms with Crippen molar-refractivity contribution in [2.45, 2.75) is 32.4 Å². The monoisotopic (exact) mass is 230 g/mol. The van der Waals surface area contributed by atoms with E-state index in [2.05, 4.69) is 5.32 Å². The van der Waals surface area contributed by atoms with Gasteiger partial charge in [0.05, 0.1) is 25.3 Å². The van der Waals surface area contributed by atoms with Gasteiger partial charge < -0.3 is 19.7 Å². The van der Waals surface area contributed by atoms with Gasteiger partial charge in [0.2, 0.25) is 0 Å². The van der Waals surface area contributed by atoms with Crippen molar-refractivity contribution in [1.82, 2.24) is 10.2 Å². The molecule has 0 radical (unpaired) electrons. The summed E-state index contributed by atoms with van der Waals surface area (Å²) in [7, 11) is 1.65. The van der Waals surface area contributed by atoms with E-state index < -0.39 is 0 Å². The maximum atomic E-state index is 12.0. The molecule has 2 atom stereocenters. The minimum atomic E-state index is -0.0254. The Balaban J connectivity index is 2.41. The van der Waals surface area contributed by atoms with E-state index in [1.54, 1.807) is 12.0 Å². The Hall–Kier alpha value is -0.810. The van der Waals surface area contributed by atoms with E-state index >= 15 is 0 Å². The molecule has 0 aromatic rings. The van der Waals surface area contributed by atoms with E-state index in [1.807, 2.05) is 13.8 Å². The lowest BCUT2D eigenvalue weighted by Gasteiger charge is -2.28. The molecule has 2 amide bonds. The molecule has 0 aromatic carbocycles. The SMILES string of the molecule is CCN(C(=O)NC1CCOC1)C(C)COC. The molecule has 0 aromatic heterocycles. The number of rotatable bonds is 5. The van der Waals surface area contributed by atoms with Crippen molar-refractivity contribution in [2.24, 2.45) is 0 Å². The summed E-state index contributed by atoms with van der Waals surface area (Å²) in [6.07, 6.45) is 0.905. The minimum Gasteiger partial charge on any atom is -0.383 e. The van der Waals surface area contributed by atoms with Crippen molar-refractivity contribution >= 4 is 6.03 Å². The summed E-state index contributed by atoms with van der Waals surface area (Å²) >= 11 is 0. The number of amides is 2. The van der Waals surface area contributed by atoms with E-state index in [4.69, 9.17) is 9.47 Å². The first-order valence-corrected chi connectivity index (χ1v) is 5.82. The Morgan fingerprint density at radius 1 is 1.69 bits per heavy atom. The largest absolute Gasteiger partial charge is 0.383 e. The topological polar surface area (TPSA) is 50.8 Å². The van der Waals surface area contributed by atoms with Crippen molar-refractivity contribution in [2.75, 3.05) is 33.5 Å². The number of nitrogens with one attached hydrogen (secondary N) is 1. The van der Waals surface area contributed by atoms with Gasteiger partial charge in [0.15, 0.2) is 0 Å². The third kappa shape index (κ3) is 3.64. The lowest BCUT2D eigenvalue weighted by atomic mass is 10.2. The van der Waals surface area contributed by atoms with Crippen LogP contribution in [0.15, 0.2) is 0 Å². The number of hydrogen-bond donors (Lipinski definition) is 1.